The normalized spacial score (nSPS) is 47.1. The number of allylic oxidation sites excluding steroid dienone is 2. The van der Waals surface area contributed by atoms with E-state index in [4.69, 9.17) is 23.2 Å². The van der Waals surface area contributed by atoms with Crippen molar-refractivity contribution in [3.05, 3.63) is 47.5 Å². The van der Waals surface area contributed by atoms with Crippen LogP contribution in [-0.4, -0.2) is 10.8 Å². The van der Waals surface area contributed by atoms with Crippen molar-refractivity contribution >= 4 is 23.2 Å². The van der Waals surface area contributed by atoms with Crippen LogP contribution in [-0.2, 0) is 0 Å². The fourth-order valence-corrected chi connectivity index (χ4v) is 4.80. The van der Waals surface area contributed by atoms with E-state index in [1.165, 1.54) is 11.1 Å². The highest BCUT2D eigenvalue weighted by atomic mass is 35.5. The number of rotatable bonds is 0. The van der Waals surface area contributed by atoms with E-state index in [-0.39, 0.29) is 10.8 Å². The Morgan fingerprint density at radius 3 is 1.62 bits per heavy atom. The highest BCUT2D eigenvalue weighted by Crippen LogP contribution is 2.63. The Bertz CT molecular complexity index is 436. The van der Waals surface area contributed by atoms with E-state index in [0.717, 1.165) is 0 Å². The molecular formula is C14H12Cl2. The van der Waals surface area contributed by atoms with Gasteiger partial charge in [-0.3, -0.25) is 0 Å². The summed E-state index contributed by atoms with van der Waals surface area (Å²) in [5.74, 6) is 2.13. The number of hydrogen-bond donors (Lipinski definition) is 0. The number of halogens is 2. The Kier molecular flexibility index (Phi) is 1.82. The topological polar surface area (TPSA) is 0 Å². The van der Waals surface area contributed by atoms with Gasteiger partial charge in [0.05, 0.1) is 10.8 Å². The van der Waals surface area contributed by atoms with Crippen molar-refractivity contribution in [2.45, 2.75) is 22.6 Å². The third-order valence-corrected chi connectivity index (χ3v) is 5.81. The SMILES string of the molecule is Cl[C@@H]1[C@H](Cl)[C@H]2[C@@H]1[C@H]1C=C[C@H]2c2ccccc21. The molecule has 5 rings (SSSR count). The maximum absolute atomic E-state index is 6.37. The van der Waals surface area contributed by atoms with Crippen LogP contribution in [0.3, 0.4) is 0 Å². The summed E-state index contributed by atoms with van der Waals surface area (Å²) in [4.78, 5) is 0. The summed E-state index contributed by atoms with van der Waals surface area (Å²) in [5.41, 5.74) is 2.95. The molecule has 0 aromatic heterocycles. The number of benzene rings is 1. The van der Waals surface area contributed by atoms with E-state index < -0.39 is 0 Å². The van der Waals surface area contributed by atoms with Gasteiger partial charge in [-0.2, -0.15) is 0 Å². The molecule has 1 saturated carbocycles. The predicted molar refractivity (Wildman–Crippen MR) is 67.3 cm³/mol. The molecule has 0 amide bonds. The lowest BCUT2D eigenvalue weighted by molar-refractivity contribution is 0.129. The van der Waals surface area contributed by atoms with Crippen LogP contribution < -0.4 is 0 Å². The summed E-state index contributed by atoms with van der Waals surface area (Å²) in [6.45, 7) is 0. The molecule has 82 valence electrons. The van der Waals surface area contributed by atoms with E-state index in [1.807, 2.05) is 0 Å². The van der Waals surface area contributed by atoms with Crippen LogP contribution in [0.25, 0.3) is 0 Å². The van der Waals surface area contributed by atoms with Gasteiger partial charge in [-0.1, -0.05) is 36.4 Å². The zero-order valence-corrected chi connectivity index (χ0v) is 10.2. The minimum Gasteiger partial charge on any atom is -0.121 e. The minimum absolute atomic E-state index is 0.150. The van der Waals surface area contributed by atoms with Gasteiger partial charge in [0.25, 0.3) is 0 Å². The van der Waals surface area contributed by atoms with Crippen LogP contribution in [0.5, 0.6) is 0 Å². The summed E-state index contributed by atoms with van der Waals surface area (Å²) < 4.78 is 0. The monoisotopic (exact) mass is 250 g/mol. The molecule has 1 aromatic carbocycles. The van der Waals surface area contributed by atoms with E-state index in [9.17, 15) is 0 Å². The Labute approximate surface area is 105 Å². The molecule has 0 spiro atoms. The van der Waals surface area contributed by atoms with E-state index >= 15 is 0 Å². The lowest BCUT2D eigenvalue weighted by atomic mass is 9.51. The lowest BCUT2D eigenvalue weighted by Gasteiger charge is -2.58. The van der Waals surface area contributed by atoms with E-state index in [1.54, 1.807) is 0 Å². The summed E-state index contributed by atoms with van der Waals surface area (Å²) >= 11 is 12.7. The summed E-state index contributed by atoms with van der Waals surface area (Å²) in [5, 5.41) is 0.301. The molecule has 0 aliphatic heterocycles. The highest BCUT2D eigenvalue weighted by molar-refractivity contribution is 6.31. The third-order valence-electron chi connectivity index (χ3n) is 4.55. The third kappa shape index (κ3) is 0.942. The van der Waals surface area contributed by atoms with Gasteiger partial charge in [0, 0.05) is 11.8 Å². The molecule has 0 saturated heterocycles. The van der Waals surface area contributed by atoms with Crippen LogP contribution in [0.2, 0.25) is 0 Å². The van der Waals surface area contributed by atoms with Crippen molar-refractivity contribution in [1.82, 2.24) is 0 Å². The van der Waals surface area contributed by atoms with Gasteiger partial charge < -0.3 is 0 Å². The molecule has 4 aliphatic carbocycles. The van der Waals surface area contributed by atoms with Crippen LogP contribution in [0.4, 0.5) is 0 Å². The molecule has 0 nitrogen and oxygen atoms in total. The van der Waals surface area contributed by atoms with Gasteiger partial charge in [0.1, 0.15) is 0 Å². The molecule has 0 heterocycles. The Balaban J connectivity index is 1.90. The van der Waals surface area contributed by atoms with Crippen molar-refractivity contribution in [1.29, 1.82) is 0 Å². The van der Waals surface area contributed by atoms with E-state index in [0.29, 0.717) is 23.7 Å². The largest absolute Gasteiger partial charge is 0.121 e. The highest BCUT2D eigenvalue weighted by Gasteiger charge is 2.59. The molecule has 4 aliphatic rings. The van der Waals surface area contributed by atoms with Gasteiger partial charge in [-0.25, -0.2) is 0 Å². The summed E-state index contributed by atoms with van der Waals surface area (Å²) in [6.07, 6.45) is 4.68. The summed E-state index contributed by atoms with van der Waals surface area (Å²) in [7, 11) is 0. The van der Waals surface area contributed by atoms with Crippen LogP contribution in [0.1, 0.15) is 23.0 Å². The Morgan fingerprint density at radius 1 is 0.750 bits per heavy atom. The zero-order valence-electron chi connectivity index (χ0n) is 8.68. The van der Waals surface area contributed by atoms with Gasteiger partial charge in [-0.15, -0.1) is 23.2 Å². The first-order valence-corrected chi connectivity index (χ1v) is 6.71. The molecule has 0 N–H and O–H groups in total. The van der Waals surface area contributed by atoms with Crippen LogP contribution in [0, 0.1) is 11.8 Å². The van der Waals surface area contributed by atoms with Crippen molar-refractivity contribution in [3.8, 4) is 0 Å². The maximum atomic E-state index is 6.37. The molecule has 0 unspecified atom stereocenters. The quantitative estimate of drug-likeness (QED) is 0.484. The van der Waals surface area contributed by atoms with Crippen molar-refractivity contribution in [2.24, 2.45) is 11.8 Å². The zero-order chi connectivity index (χ0) is 10.9. The van der Waals surface area contributed by atoms with Crippen molar-refractivity contribution in [3.63, 3.8) is 0 Å². The molecular weight excluding hydrogens is 239 g/mol. The Hall–Kier alpha value is -0.460. The molecule has 0 radical (unpaired) electrons. The second kappa shape index (κ2) is 3.05. The fraction of sp³-hybridized carbons (Fsp3) is 0.429. The van der Waals surface area contributed by atoms with Gasteiger partial charge in [0.2, 0.25) is 0 Å². The molecule has 2 heteroatoms. The molecule has 16 heavy (non-hydrogen) atoms. The van der Waals surface area contributed by atoms with Gasteiger partial charge in [0.15, 0.2) is 0 Å². The predicted octanol–water partition coefficient (Wildman–Crippen LogP) is 3.90. The fourth-order valence-electron chi connectivity index (χ4n) is 3.81. The molecule has 6 atom stereocenters. The van der Waals surface area contributed by atoms with Crippen LogP contribution >= 0.6 is 23.2 Å². The molecule has 1 fully saturated rings. The van der Waals surface area contributed by atoms with Gasteiger partial charge >= 0.3 is 0 Å². The smallest absolute Gasteiger partial charge is 0.0543 e. The molecule has 1 aromatic rings. The number of hydrogen-bond acceptors (Lipinski definition) is 0. The van der Waals surface area contributed by atoms with Crippen LogP contribution in [0.15, 0.2) is 36.4 Å². The first-order chi connectivity index (χ1) is 7.79. The number of alkyl halides is 2. The average Bonchev–Trinajstić information content (AvgIpc) is 2.37. The first kappa shape index (κ1) is 9.56. The first-order valence-electron chi connectivity index (χ1n) is 5.84. The Morgan fingerprint density at radius 2 is 1.19 bits per heavy atom. The molecule has 2 bridgehead atoms. The van der Waals surface area contributed by atoms with Crippen molar-refractivity contribution in [2.75, 3.05) is 0 Å². The second-order valence-corrected chi connectivity index (χ2v) is 6.12. The summed E-state index contributed by atoms with van der Waals surface area (Å²) in [6, 6.07) is 8.75. The maximum Gasteiger partial charge on any atom is 0.0543 e. The minimum atomic E-state index is 0.150. The average molecular weight is 251 g/mol. The van der Waals surface area contributed by atoms with Gasteiger partial charge in [-0.05, 0) is 23.0 Å². The standard InChI is InChI=1S/C14H12Cl2/c15-13-11-9-5-6-10(12(11)14(13)16)8-4-2-1-3-7(8)9/h1-6,9-14H/t9-,10-,11-,12+,13-,14+/m0/s1. The van der Waals surface area contributed by atoms with E-state index in [2.05, 4.69) is 36.4 Å². The van der Waals surface area contributed by atoms with Crippen molar-refractivity contribution < 1.29 is 0 Å². The second-order valence-electron chi connectivity index (χ2n) is 5.11. The lowest BCUT2D eigenvalue weighted by Crippen LogP contribution is -2.57.